The van der Waals surface area contributed by atoms with Crippen LogP contribution in [0.4, 0.5) is 4.39 Å². The summed E-state index contributed by atoms with van der Waals surface area (Å²) in [5.41, 5.74) is -1.36. The summed E-state index contributed by atoms with van der Waals surface area (Å²) in [6, 6.07) is 0. The van der Waals surface area contributed by atoms with Gasteiger partial charge >= 0.3 is 0 Å². The Morgan fingerprint density at radius 1 is 1.50 bits per heavy atom. The van der Waals surface area contributed by atoms with Crippen LogP contribution in [0.25, 0.3) is 0 Å². The third kappa shape index (κ3) is 5.34. The zero-order chi connectivity index (χ0) is 6.62. The Bertz CT molecular complexity index is 99.6. The van der Waals surface area contributed by atoms with E-state index >= 15 is 0 Å². The van der Waals surface area contributed by atoms with Crippen LogP contribution < -0.4 is 0 Å². The number of carbonyl (C=O) groups is 1. The van der Waals surface area contributed by atoms with Crippen LogP contribution >= 0.6 is 0 Å². The molecule has 0 atom stereocenters. The largest absolute Gasteiger partial charge is 0.299 e. The summed E-state index contributed by atoms with van der Waals surface area (Å²) < 4.78 is 12.3. The highest BCUT2D eigenvalue weighted by Crippen LogP contribution is 2.08. The number of aldehydes is 1. The molecule has 0 bridgehead atoms. The van der Waals surface area contributed by atoms with Crippen LogP contribution in [0.1, 0.15) is 13.8 Å². The molecule has 0 spiro atoms. The van der Waals surface area contributed by atoms with E-state index in [1.165, 1.54) is 19.9 Å². The summed E-state index contributed by atoms with van der Waals surface area (Å²) >= 11 is 0. The van der Waals surface area contributed by atoms with E-state index in [2.05, 4.69) is 0 Å². The van der Waals surface area contributed by atoms with Gasteiger partial charge in [-0.1, -0.05) is 0 Å². The van der Waals surface area contributed by atoms with Gasteiger partial charge in [0.15, 0.2) is 0 Å². The van der Waals surface area contributed by atoms with E-state index in [1.54, 1.807) is 0 Å². The molecule has 2 heteroatoms. The standard InChI is InChI=1S/C6H9FO/c1-6(2,7)4-3-5-8/h3-5H,1-2H3/b4-3+. The van der Waals surface area contributed by atoms with E-state index in [9.17, 15) is 9.18 Å². The van der Waals surface area contributed by atoms with Gasteiger partial charge in [-0.15, -0.1) is 0 Å². The number of hydrogen-bond acceptors (Lipinski definition) is 1. The second kappa shape index (κ2) is 2.60. The second-order valence-corrected chi connectivity index (χ2v) is 2.06. The van der Waals surface area contributed by atoms with Gasteiger partial charge in [-0.25, -0.2) is 4.39 Å². The molecule has 0 heterocycles. The molecule has 0 unspecified atom stereocenters. The van der Waals surface area contributed by atoms with Gasteiger partial charge in [-0.2, -0.15) is 0 Å². The van der Waals surface area contributed by atoms with Crippen molar-refractivity contribution in [1.82, 2.24) is 0 Å². The Morgan fingerprint density at radius 3 is 2.12 bits per heavy atom. The molecule has 0 saturated carbocycles. The topological polar surface area (TPSA) is 17.1 Å². The average Bonchev–Trinajstić information content (AvgIpc) is 1.59. The first kappa shape index (κ1) is 7.34. The molecule has 1 nitrogen and oxygen atoms in total. The Labute approximate surface area is 48.2 Å². The Morgan fingerprint density at radius 2 is 2.00 bits per heavy atom. The zero-order valence-corrected chi connectivity index (χ0v) is 5.02. The summed E-state index contributed by atoms with van der Waals surface area (Å²) in [7, 11) is 0. The van der Waals surface area contributed by atoms with Crippen LogP contribution in [0, 0.1) is 0 Å². The van der Waals surface area contributed by atoms with Crippen molar-refractivity contribution in [3.05, 3.63) is 12.2 Å². The molecular formula is C6H9FO. The monoisotopic (exact) mass is 116 g/mol. The quantitative estimate of drug-likeness (QED) is 0.394. The minimum Gasteiger partial charge on any atom is -0.299 e. The Hall–Kier alpha value is -0.660. The lowest BCUT2D eigenvalue weighted by Gasteiger charge is -2.03. The van der Waals surface area contributed by atoms with Gasteiger partial charge in [0, 0.05) is 0 Å². The summed E-state index contributed by atoms with van der Waals surface area (Å²) in [5, 5.41) is 0. The smallest absolute Gasteiger partial charge is 0.142 e. The molecule has 0 aliphatic heterocycles. The lowest BCUT2D eigenvalue weighted by molar-refractivity contribution is -0.104. The molecular weight excluding hydrogens is 107 g/mol. The molecule has 0 aromatic heterocycles. The first-order valence-electron chi connectivity index (χ1n) is 2.38. The fourth-order valence-corrected chi connectivity index (χ4v) is 0.268. The van der Waals surface area contributed by atoms with Crippen molar-refractivity contribution in [2.75, 3.05) is 0 Å². The number of carbonyl (C=O) groups excluding carboxylic acids is 1. The molecule has 0 aliphatic rings. The molecule has 0 radical (unpaired) electrons. The number of allylic oxidation sites excluding steroid dienone is 2. The minimum atomic E-state index is -1.36. The first-order chi connectivity index (χ1) is 3.56. The van der Waals surface area contributed by atoms with E-state index < -0.39 is 5.67 Å². The third-order valence-corrected chi connectivity index (χ3v) is 0.571. The SMILES string of the molecule is CC(C)(F)/C=C/C=O. The van der Waals surface area contributed by atoms with Gasteiger partial charge in [0.2, 0.25) is 0 Å². The summed E-state index contributed by atoms with van der Waals surface area (Å²) in [6.45, 7) is 2.76. The zero-order valence-electron chi connectivity index (χ0n) is 5.02. The number of rotatable bonds is 2. The number of hydrogen-bond donors (Lipinski definition) is 0. The van der Waals surface area contributed by atoms with Crippen LogP contribution in [0.3, 0.4) is 0 Å². The van der Waals surface area contributed by atoms with Gasteiger partial charge in [-0.05, 0) is 26.0 Å². The molecule has 8 heavy (non-hydrogen) atoms. The first-order valence-corrected chi connectivity index (χ1v) is 2.38. The molecule has 0 rings (SSSR count). The molecule has 0 aromatic carbocycles. The van der Waals surface area contributed by atoms with Crippen molar-refractivity contribution < 1.29 is 9.18 Å². The molecule has 0 fully saturated rings. The minimum absolute atomic E-state index is 0.557. The lowest BCUT2D eigenvalue weighted by atomic mass is 10.1. The van der Waals surface area contributed by atoms with Gasteiger partial charge in [0.25, 0.3) is 0 Å². The third-order valence-electron chi connectivity index (χ3n) is 0.571. The number of halogens is 1. The maximum atomic E-state index is 12.3. The summed E-state index contributed by atoms with van der Waals surface area (Å²) in [5.74, 6) is 0. The van der Waals surface area contributed by atoms with Crippen molar-refractivity contribution in [3.63, 3.8) is 0 Å². The fourth-order valence-electron chi connectivity index (χ4n) is 0.268. The van der Waals surface area contributed by atoms with Crippen molar-refractivity contribution in [2.24, 2.45) is 0 Å². The van der Waals surface area contributed by atoms with E-state index in [-0.39, 0.29) is 0 Å². The molecule has 0 aliphatic carbocycles. The normalized spacial score (nSPS) is 12.4. The lowest BCUT2D eigenvalue weighted by Crippen LogP contribution is -2.05. The average molecular weight is 116 g/mol. The van der Waals surface area contributed by atoms with Crippen molar-refractivity contribution >= 4 is 6.29 Å². The van der Waals surface area contributed by atoms with E-state index in [1.807, 2.05) is 0 Å². The summed E-state index contributed by atoms with van der Waals surface area (Å²) in [4.78, 5) is 9.60. The van der Waals surface area contributed by atoms with Gasteiger partial charge in [0.1, 0.15) is 12.0 Å². The van der Waals surface area contributed by atoms with E-state index in [4.69, 9.17) is 0 Å². The predicted molar refractivity (Wildman–Crippen MR) is 30.4 cm³/mol. The van der Waals surface area contributed by atoms with Gasteiger partial charge < -0.3 is 0 Å². The molecule has 0 saturated heterocycles. The highest BCUT2D eigenvalue weighted by Gasteiger charge is 2.07. The Balaban J connectivity index is 3.69. The molecule has 0 aromatic rings. The molecule has 0 N–H and O–H groups in total. The summed E-state index contributed by atoms with van der Waals surface area (Å²) in [6.07, 6.45) is 2.92. The van der Waals surface area contributed by atoms with Crippen molar-refractivity contribution in [1.29, 1.82) is 0 Å². The van der Waals surface area contributed by atoms with Crippen LogP contribution in [0.5, 0.6) is 0 Å². The highest BCUT2D eigenvalue weighted by atomic mass is 19.1. The number of alkyl halides is 1. The van der Waals surface area contributed by atoms with Gasteiger partial charge in [-0.3, -0.25) is 4.79 Å². The second-order valence-electron chi connectivity index (χ2n) is 2.06. The van der Waals surface area contributed by atoms with Crippen molar-refractivity contribution in [3.8, 4) is 0 Å². The van der Waals surface area contributed by atoms with Crippen LogP contribution in [0.2, 0.25) is 0 Å². The predicted octanol–water partition coefficient (Wildman–Crippen LogP) is 1.49. The van der Waals surface area contributed by atoms with Gasteiger partial charge in [0.05, 0.1) is 0 Å². The fraction of sp³-hybridized carbons (Fsp3) is 0.500. The molecule has 46 valence electrons. The highest BCUT2D eigenvalue weighted by molar-refractivity contribution is 5.64. The molecule has 0 amide bonds. The maximum absolute atomic E-state index is 12.3. The van der Waals surface area contributed by atoms with Crippen LogP contribution in [-0.4, -0.2) is 12.0 Å². The van der Waals surface area contributed by atoms with Crippen LogP contribution in [0.15, 0.2) is 12.2 Å². The maximum Gasteiger partial charge on any atom is 0.142 e. The van der Waals surface area contributed by atoms with E-state index in [0.29, 0.717) is 6.29 Å². The Kier molecular flexibility index (Phi) is 2.38. The van der Waals surface area contributed by atoms with Crippen molar-refractivity contribution in [2.45, 2.75) is 19.5 Å². The van der Waals surface area contributed by atoms with Crippen LogP contribution in [-0.2, 0) is 4.79 Å². The van der Waals surface area contributed by atoms with E-state index in [0.717, 1.165) is 6.08 Å².